The van der Waals surface area contributed by atoms with Crippen LogP contribution < -0.4 is 9.47 Å². The average molecular weight is 597 g/mol. The van der Waals surface area contributed by atoms with E-state index in [1.165, 1.54) is 103 Å². The second-order valence-electron chi connectivity index (χ2n) is 10.9. The van der Waals surface area contributed by atoms with E-state index in [1.807, 2.05) is 0 Å². The zero-order valence-electron chi connectivity index (χ0n) is 26.8. The minimum absolute atomic E-state index is 0.248. The molecule has 0 N–H and O–H groups in total. The highest BCUT2D eigenvalue weighted by Crippen LogP contribution is 2.43. The molecule has 0 aromatic carbocycles. The summed E-state index contributed by atoms with van der Waals surface area (Å²) < 4.78 is 22.8. The predicted octanol–water partition coefficient (Wildman–Crippen LogP) is 10.7. The zero-order valence-corrected chi connectivity index (χ0v) is 27.6. The van der Waals surface area contributed by atoms with E-state index < -0.39 is 11.9 Å². The SMILES string of the molecule is CCCCCCCCCCCCOc1c(C(=O)OCC)sc(C(=O)OCC)c1OCCCCCCCCCCCC. The lowest BCUT2D eigenvalue weighted by molar-refractivity contribution is 0.0516. The second kappa shape index (κ2) is 25.9. The second-order valence-corrected chi connectivity index (χ2v) is 11.9. The maximum atomic E-state index is 12.8. The van der Waals surface area contributed by atoms with Crippen molar-refractivity contribution in [2.24, 2.45) is 0 Å². The predicted molar refractivity (Wildman–Crippen MR) is 171 cm³/mol. The van der Waals surface area contributed by atoms with Gasteiger partial charge in [0.25, 0.3) is 0 Å². The lowest BCUT2D eigenvalue weighted by Gasteiger charge is -2.12. The van der Waals surface area contributed by atoms with Gasteiger partial charge in [0.15, 0.2) is 21.3 Å². The van der Waals surface area contributed by atoms with Crippen molar-refractivity contribution in [2.45, 2.75) is 156 Å². The quantitative estimate of drug-likeness (QED) is 0.0708. The van der Waals surface area contributed by atoms with Crippen LogP contribution in [0.1, 0.15) is 175 Å². The third kappa shape index (κ3) is 17.1. The standard InChI is InChI=1S/C34H60O6S/c1-5-9-11-13-15-17-19-21-23-25-27-39-29-30(40-28-26-24-22-20-18-16-14-12-10-6-2)32(34(36)38-8-4)41-31(29)33(35)37-7-3/h5-28H2,1-4H3. The van der Waals surface area contributed by atoms with Gasteiger partial charge in [-0.05, 0) is 26.7 Å². The molecule has 41 heavy (non-hydrogen) atoms. The van der Waals surface area contributed by atoms with E-state index in [9.17, 15) is 9.59 Å². The van der Waals surface area contributed by atoms with Crippen LogP contribution in [-0.2, 0) is 9.47 Å². The van der Waals surface area contributed by atoms with Gasteiger partial charge < -0.3 is 18.9 Å². The van der Waals surface area contributed by atoms with Crippen LogP contribution in [0.15, 0.2) is 0 Å². The summed E-state index contributed by atoms with van der Waals surface area (Å²) in [6, 6.07) is 0. The molecule has 0 bridgehead atoms. The van der Waals surface area contributed by atoms with E-state index in [-0.39, 0.29) is 23.0 Å². The first-order valence-electron chi connectivity index (χ1n) is 16.9. The number of ether oxygens (including phenoxy) is 4. The Morgan fingerprint density at radius 2 is 0.756 bits per heavy atom. The first-order valence-corrected chi connectivity index (χ1v) is 17.7. The molecule has 1 rings (SSSR count). The van der Waals surface area contributed by atoms with Gasteiger partial charge in [-0.1, -0.05) is 129 Å². The van der Waals surface area contributed by atoms with E-state index >= 15 is 0 Å². The normalized spacial score (nSPS) is 11.0. The molecular formula is C34H60O6S. The Morgan fingerprint density at radius 1 is 0.463 bits per heavy atom. The van der Waals surface area contributed by atoms with Crippen molar-refractivity contribution in [1.82, 2.24) is 0 Å². The minimum atomic E-state index is -0.491. The van der Waals surface area contributed by atoms with E-state index in [0.717, 1.165) is 37.0 Å². The van der Waals surface area contributed by atoms with E-state index in [4.69, 9.17) is 18.9 Å². The molecule has 0 fully saturated rings. The molecule has 0 saturated carbocycles. The topological polar surface area (TPSA) is 71.1 Å². The third-order valence-electron chi connectivity index (χ3n) is 7.23. The van der Waals surface area contributed by atoms with Gasteiger partial charge in [0, 0.05) is 0 Å². The van der Waals surface area contributed by atoms with Crippen molar-refractivity contribution in [1.29, 1.82) is 0 Å². The lowest BCUT2D eigenvalue weighted by Crippen LogP contribution is -2.08. The monoisotopic (exact) mass is 596 g/mol. The fourth-order valence-corrected chi connectivity index (χ4v) is 5.83. The Hall–Kier alpha value is -1.76. The van der Waals surface area contributed by atoms with Crippen LogP contribution >= 0.6 is 11.3 Å². The molecule has 238 valence electrons. The number of carbonyl (C=O) groups is 2. The lowest BCUT2D eigenvalue weighted by atomic mass is 10.1. The molecule has 1 heterocycles. The molecule has 0 aliphatic heterocycles. The molecule has 0 amide bonds. The summed E-state index contributed by atoms with van der Waals surface area (Å²) in [6.07, 6.45) is 24.7. The van der Waals surface area contributed by atoms with Crippen LogP contribution in [-0.4, -0.2) is 38.4 Å². The Bertz CT molecular complexity index is 728. The summed E-state index contributed by atoms with van der Waals surface area (Å²) in [7, 11) is 0. The number of unbranched alkanes of at least 4 members (excludes halogenated alkanes) is 18. The first kappa shape index (κ1) is 37.3. The average Bonchev–Trinajstić information content (AvgIpc) is 3.33. The number of carbonyl (C=O) groups excluding carboxylic acids is 2. The Balaban J connectivity index is 2.65. The van der Waals surface area contributed by atoms with Crippen molar-refractivity contribution in [3.63, 3.8) is 0 Å². The van der Waals surface area contributed by atoms with Gasteiger partial charge in [0.1, 0.15) is 0 Å². The molecule has 0 saturated heterocycles. The maximum Gasteiger partial charge on any atom is 0.352 e. The van der Waals surface area contributed by atoms with Gasteiger partial charge in [-0.15, -0.1) is 11.3 Å². The number of hydrogen-bond donors (Lipinski definition) is 0. The Morgan fingerprint density at radius 3 is 1.05 bits per heavy atom. The molecule has 7 heteroatoms. The van der Waals surface area contributed by atoms with Crippen LogP contribution in [0, 0.1) is 0 Å². The van der Waals surface area contributed by atoms with Crippen molar-refractivity contribution >= 4 is 23.3 Å². The summed E-state index contributed by atoms with van der Waals surface area (Å²) in [5.41, 5.74) is 0. The molecule has 1 aromatic rings. The van der Waals surface area contributed by atoms with Gasteiger partial charge in [0.05, 0.1) is 26.4 Å². The van der Waals surface area contributed by atoms with E-state index in [2.05, 4.69) is 13.8 Å². The van der Waals surface area contributed by atoms with Gasteiger partial charge in [-0.2, -0.15) is 0 Å². The minimum Gasteiger partial charge on any atom is -0.488 e. The maximum absolute atomic E-state index is 12.8. The summed E-state index contributed by atoms with van der Waals surface area (Å²) >= 11 is 1.05. The smallest absolute Gasteiger partial charge is 0.352 e. The molecule has 1 aromatic heterocycles. The fourth-order valence-electron chi connectivity index (χ4n) is 4.85. The largest absolute Gasteiger partial charge is 0.488 e. The van der Waals surface area contributed by atoms with Gasteiger partial charge in [-0.3, -0.25) is 0 Å². The third-order valence-corrected chi connectivity index (χ3v) is 8.35. The summed E-state index contributed by atoms with van der Waals surface area (Å²) in [5.74, 6) is -0.316. The number of esters is 2. The van der Waals surface area contributed by atoms with Crippen molar-refractivity contribution < 1.29 is 28.5 Å². The molecule has 0 spiro atoms. The van der Waals surface area contributed by atoms with Crippen LogP contribution in [0.25, 0.3) is 0 Å². The zero-order chi connectivity index (χ0) is 30.0. The molecule has 0 aliphatic carbocycles. The van der Waals surface area contributed by atoms with Crippen molar-refractivity contribution in [3.05, 3.63) is 9.75 Å². The van der Waals surface area contributed by atoms with E-state index in [0.29, 0.717) is 24.7 Å². The van der Waals surface area contributed by atoms with Crippen LogP contribution in [0.2, 0.25) is 0 Å². The molecule has 6 nitrogen and oxygen atoms in total. The van der Waals surface area contributed by atoms with Crippen LogP contribution in [0.5, 0.6) is 11.5 Å². The van der Waals surface area contributed by atoms with Crippen LogP contribution in [0.3, 0.4) is 0 Å². The molecular weight excluding hydrogens is 536 g/mol. The van der Waals surface area contributed by atoms with Crippen molar-refractivity contribution in [3.8, 4) is 11.5 Å². The van der Waals surface area contributed by atoms with E-state index in [1.54, 1.807) is 13.8 Å². The molecule has 0 aliphatic rings. The van der Waals surface area contributed by atoms with Gasteiger partial charge in [0.2, 0.25) is 0 Å². The van der Waals surface area contributed by atoms with Crippen LogP contribution in [0.4, 0.5) is 0 Å². The molecule has 0 atom stereocenters. The highest BCUT2D eigenvalue weighted by atomic mass is 32.1. The molecule has 0 radical (unpaired) electrons. The van der Waals surface area contributed by atoms with Gasteiger partial charge >= 0.3 is 11.9 Å². The fraction of sp³-hybridized carbons (Fsp3) is 0.824. The first-order chi connectivity index (χ1) is 20.1. The summed E-state index contributed by atoms with van der Waals surface area (Å²) in [5, 5.41) is 0. The van der Waals surface area contributed by atoms with Crippen molar-refractivity contribution in [2.75, 3.05) is 26.4 Å². The number of rotatable bonds is 28. The van der Waals surface area contributed by atoms with Gasteiger partial charge in [-0.25, -0.2) is 9.59 Å². The highest BCUT2D eigenvalue weighted by Gasteiger charge is 2.31. The molecule has 0 unspecified atom stereocenters. The number of hydrogen-bond acceptors (Lipinski definition) is 7. The number of thiophene rings is 1. The Labute approximate surface area is 255 Å². The summed E-state index contributed by atoms with van der Waals surface area (Å²) in [4.78, 5) is 26.1. The summed E-state index contributed by atoms with van der Waals surface area (Å²) in [6.45, 7) is 9.47. The Kier molecular flexibility index (Phi) is 23.6. The highest BCUT2D eigenvalue weighted by molar-refractivity contribution is 7.16.